The van der Waals surface area contributed by atoms with Gasteiger partial charge in [0, 0.05) is 10.5 Å². The molecule has 0 amide bonds. The van der Waals surface area contributed by atoms with E-state index in [2.05, 4.69) is 22.0 Å². The van der Waals surface area contributed by atoms with Gasteiger partial charge in [0.1, 0.15) is 0 Å². The summed E-state index contributed by atoms with van der Waals surface area (Å²) in [5, 5.41) is 8.71. The minimum absolute atomic E-state index is 0.0288. The monoisotopic (exact) mass is 297 g/mol. The fraction of sp³-hybridized carbons (Fsp3) is 0.333. The SMILES string of the molecule is CSc1ccc(CC#N)c(C(=O)C(C)Br)c1. The van der Waals surface area contributed by atoms with Crippen molar-refractivity contribution < 1.29 is 4.79 Å². The van der Waals surface area contributed by atoms with Gasteiger partial charge >= 0.3 is 0 Å². The van der Waals surface area contributed by atoms with E-state index >= 15 is 0 Å². The van der Waals surface area contributed by atoms with E-state index in [0.29, 0.717) is 5.56 Å². The van der Waals surface area contributed by atoms with Gasteiger partial charge in [-0.3, -0.25) is 4.79 Å². The standard InChI is InChI=1S/C12H12BrNOS/c1-8(13)12(15)11-7-10(16-2)4-3-9(11)5-6-14/h3-4,7-8H,5H2,1-2H3. The number of rotatable bonds is 4. The number of thioether (sulfide) groups is 1. The lowest BCUT2D eigenvalue weighted by atomic mass is 10.0. The third-order valence-corrected chi connectivity index (χ3v) is 3.35. The molecule has 0 radical (unpaired) electrons. The molecular weight excluding hydrogens is 286 g/mol. The first-order valence-electron chi connectivity index (χ1n) is 4.82. The van der Waals surface area contributed by atoms with E-state index in [1.807, 2.05) is 24.5 Å². The van der Waals surface area contributed by atoms with Gasteiger partial charge in [-0.25, -0.2) is 0 Å². The molecule has 0 fully saturated rings. The Morgan fingerprint density at radius 3 is 2.81 bits per heavy atom. The van der Waals surface area contributed by atoms with E-state index in [1.165, 1.54) is 0 Å². The van der Waals surface area contributed by atoms with Crippen molar-refractivity contribution >= 4 is 33.5 Å². The number of hydrogen-bond donors (Lipinski definition) is 0. The highest BCUT2D eigenvalue weighted by Crippen LogP contribution is 2.22. The number of carbonyl (C=O) groups is 1. The molecular formula is C12H12BrNOS. The zero-order chi connectivity index (χ0) is 12.1. The molecule has 0 aliphatic carbocycles. The molecule has 0 aliphatic rings. The van der Waals surface area contributed by atoms with Crippen molar-refractivity contribution in [3.05, 3.63) is 29.3 Å². The number of nitriles is 1. The van der Waals surface area contributed by atoms with Gasteiger partial charge in [0.05, 0.1) is 17.3 Å². The Morgan fingerprint density at radius 2 is 2.31 bits per heavy atom. The summed E-state index contributed by atoms with van der Waals surface area (Å²) in [5.41, 5.74) is 1.45. The normalized spacial score (nSPS) is 11.9. The van der Waals surface area contributed by atoms with Crippen molar-refractivity contribution in [3.8, 4) is 6.07 Å². The van der Waals surface area contributed by atoms with Crippen molar-refractivity contribution in [3.63, 3.8) is 0 Å². The van der Waals surface area contributed by atoms with Gasteiger partial charge in [0.15, 0.2) is 5.78 Å². The van der Waals surface area contributed by atoms with Crippen LogP contribution >= 0.6 is 27.7 Å². The lowest BCUT2D eigenvalue weighted by Gasteiger charge is -2.09. The topological polar surface area (TPSA) is 40.9 Å². The first-order valence-corrected chi connectivity index (χ1v) is 6.96. The molecule has 1 rings (SSSR count). The summed E-state index contributed by atoms with van der Waals surface area (Å²) in [4.78, 5) is 12.8. The minimum atomic E-state index is -0.220. The summed E-state index contributed by atoms with van der Waals surface area (Å²) < 4.78 is 0. The summed E-state index contributed by atoms with van der Waals surface area (Å²) in [6.07, 6.45) is 2.24. The van der Waals surface area contributed by atoms with Crippen molar-refractivity contribution in [1.82, 2.24) is 0 Å². The molecule has 0 spiro atoms. The van der Waals surface area contributed by atoms with Crippen LogP contribution in [0.25, 0.3) is 0 Å². The minimum Gasteiger partial charge on any atom is -0.293 e. The Kier molecular flexibility index (Phi) is 5.04. The van der Waals surface area contributed by atoms with Crippen LogP contribution in [0.1, 0.15) is 22.8 Å². The molecule has 1 unspecified atom stereocenters. The second-order valence-electron chi connectivity index (χ2n) is 3.34. The van der Waals surface area contributed by atoms with Crippen molar-refractivity contribution in [2.75, 3.05) is 6.26 Å². The molecule has 16 heavy (non-hydrogen) atoms. The smallest absolute Gasteiger partial charge is 0.176 e. The van der Waals surface area contributed by atoms with E-state index in [4.69, 9.17) is 5.26 Å². The summed E-state index contributed by atoms with van der Waals surface area (Å²) in [7, 11) is 0. The van der Waals surface area contributed by atoms with Crippen LogP contribution in [0, 0.1) is 11.3 Å². The molecule has 84 valence electrons. The van der Waals surface area contributed by atoms with Crippen LogP contribution in [0.4, 0.5) is 0 Å². The van der Waals surface area contributed by atoms with Crippen LogP contribution in [0.2, 0.25) is 0 Å². The second kappa shape index (κ2) is 6.07. The zero-order valence-electron chi connectivity index (χ0n) is 9.16. The van der Waals surface area contributed by atoms with Crippen LogP contribution in [-0.2, 0) is 6.42 Å². The summed E-state index contributed by atoms with van der Waals surface area (Å²) in [6.45, 7) is 1.80. The average molecular weight is 298 g/mol. The van der Waals surface area contributed by atoms with Crippen LogP contribution in [-0.4, -0.2) is 16.9 Å². The molecule has 0 saturated carbocycles. The second-order valence-corrected chi connectivity index (χ2v) is 5.59. The first-order chi connectivity index (χ1) is 7.60. The molecule has 0 aliphatic heterocycles. The highest BCUT2D eigenvalue weighted by atomic mass is 79.9. The quantitative estimate of drug-likeness (QED) is 0.486. The van der Waals surface area contributed by atoms with Crippen molar-refractivity contribution in [2.24, 2.45) is 0 Å². The van der Waals surface area contributed by atoms with Crippen molar-refractivity contribution in [2.45, 2.75) is 23.1 Å². The Morgan fingerprint density at radius 1 is 1.62 bits per heavy atom. The molecule has 1 atom stereocenters. The summed E-state index contributed by atoms with van der Waals surface area (Å²) >= 11 is 4.86. The molecule has 0 bridgehead atoms. The van der Waals surface area contributed by atoms with E-state index in [9.17, 15) is 4.79 Å². The fourth-order valence-corrected chi connectivity index (χ4v) is 2.05. The van der Waals surface area contributed by atoms with E-state index in [1.54, 1.807) is 18.7 Å². The number of alkyl halides is 1. The largest absolute Gasteiger partial charge is 0.293 e. The molecule has 0 aromatic heterocycles. The van der Waals surface area contributed by atoms with Crippen LogP contribution in [0.5, 0.6) is 0 Å². The molecule has 0 heterocycles. The molecule has 0 saturated heterocycles. The fourth-order valence-electron chi connectivity index (χ4n) is 1.37. The maximum atomic E-state index is 11.9. The lowest BCUT2D eigenvalue weighted by Crippen LogP contribution is -2.12. The van der Waals surface area contributed by atoms with Gasteiger partial charge < -0.3 is 0 Å². The van der Waals surface area contributed by atoms with E-state index in [-0.39, 0.29) is 17.0 Å². The highest BCUT2D eigenvalue weighted by Gasteiger charge is 2.16. The maximum Gasteiger partial charge on any atom is 0.176 e. The molecule has 0 N–H and O–H groups in total. The molecule has 1 aromatic carbocycles. The van der Waals surface area contributed by atoms with Crippen LogP contribution in [0.3, 0.4) is 0 Å². The van der Waals surface area contributed by atoms with Gasteiger partial charge in [-0.1, -0.05) is 22.0 Å². The maximum absolute atomic E-state index is 11.9. The number of halogens is 1. The lowest BCUT2D eigenvalue weighted by molar-refractivity contribution is 0.0995. The summed E-state index contributed by atoms with van der Waals surface area (Å²) in [5.74, 6) is 0.0288. The Balaban J connectivity index is 3.20. The van der Waals surface area contributed by atoms with Gasteiger partial charge in [0.2, 0.25) is 0 Å². The Bertz CT molecular complexity index is 437. The third-order valence-electron chi connectivity index (χ3n) is 2.21. The highest BCUT2D eigenvalue weighted by molar-refractivity contribution is 9.10. The average Bonchev–Trinajstić information content (AvgIpc) is 2.29. The number of benzene rings is 1. The van der Waals surface area contributed by atoms with Gasteiger partial charge in [-0.05, 0) is 30.9 Å². The number of hydrogen-bond acceptors (Lipinski definition) is 3. The number of ketones is 1. The van der Waals surface area contributed by atoms with E-state index in [0.717, 1.165) is 10.5 Å². The molecule has 2 nitrogen and oxygen atoms in total. The third kappa shape index (κ3) is 3.10. The zero-order valence-corrected chi connectivity index (χ0v) is 11.6. The van der Waals surface area contributed by atoms with Crippen molar-refractivity contribution in [1.29, 1.82) is 5.26 Å². The Labute approximate surface area is 108 Å². The van der Waals surface area contributed by atoms with Gasteiger partial charge in [0.25, 0.3) is 0 Å². The van der Waals surface area contributed by atoms with Crippen LogP contribution in [0.15, 0.2) is 23.1 Å². The van der Waals surface area contributed by atoms with Crippen LogP contribution < -0.4 is 0 Å². The van der Waals surface area contributed by atoms with Gasteiger partial charge in [-0.15, -0.1) is 11.8 Å². The number of carbonyl (C=O) groups excluding carboxylic acids is 1. The molecule has 4 heteroatoms. The number of Topliss-reactive ketones (excluding diaryl/α,β-unsaturated/α-hetero) is 1. The predicted octanol–water partition coefficient (Wildman–Crippen LogP) is 3.44. The molecule has 1 aromatic rings. The van der Waals surface area contributed by atoms with Gasteiger partial charge in [-0.2, -0.15) is 5.26 Å². The van der Waals surface area contributed by atoms with E-state index < -0.39 is 0 Å². The first kappa shape index (κ1) is 13.3. The summed E-state index contributed by atoms with van der Waals surface area (Å²) in [6, 6.07) is 7.74. The Hall–Kier alpha value is -0.790. The number of nitrogens with zero attached hydrogens (tertiary/aromatic N) is 1. The predicted molar refractivity (Wildman–Crippen MR) is 70.3 cm³/mol.